The molecule has 2 amide bonds. The van der Waals surface area contributed by atoms with Gasteiger partial charge in [-0.05, 0) is 62.6 Å². The molecule has 0 aliphatic heterocycles. The van der Waals surface area contributed by atoms with E-state index in [1.165, 1.54) is 12.0 Å². The highest BCUT2D eigenvalue weighted by molar-refractivity contribution is 7.92. The summed E-state index contributed by atoms with van der Waals surface area (Å²) in [7, 11) is -2.42. The zero-order valence-electron chi connectivity index (χ0n) is 21.0. The van der Waals surface area contributed by atoms with Gasteiger partial charge in [0.15, 0.2) is 0 Å². The van der Waals surface area contributed by atoms with Gasteiger partial charge in [-0.25, -0.2) is 8.42 Å². The Morgan fingerprint density at radius 3 is 2.29 bits per heavy atom. The second kappa shape index (κ2) is 12.3. The quantitative estimate of drug-likeness (QED) is 0.484. The molecule has 2 atom stereocenters. The first-order valence-electron chi connectivity index (χ1n) is 11.3. The first-order chi connectivity index (χ1) is 16.4. The molecular weight excluding hydrogens is 490 g/mol. The molecule has 0 spiro atoms. The van der Waals surface area contributed by atoms with Crippen LogP contribution in [0.4, 0.5) is 5.69 Å². The smallest absolute Gasteiger partial charge is 0.244 e. The largest absolute Gasteiger partial charge is 0.495 e. The SMILES string of the molecule is CC[C@H](C)NC(=O)[C@H](C)N(Cc1ccc(Cl)cc1)C(=O)CN(c1cc(C)ccc1OC)S(C)(=O)=O. The highest BCUT2D eigenvalue weighted by Crippen LogP contribution is 2.31. The van der Waals surface area contributed by atoms with Crippen LogP contribution in [-0.2, 0) is 26.2 Å². The summed E-state index contributed by atoms with van der Waals surface area (Å²) < 4.78 is 31.9. The minimum absolute atomic E-state index is 0.0680. The number of carbonyl (C=O) groups is 2. The molecule has 0 bridgehead atoms. The van der Waals surface area contributed by atoms with E-state index in [-0.39, 0.29) is 24.2 Å². The first kappa shape index (κ1) is 28.5. The lowest BCUT2D eigenvalue weighted by atomic mass is 10.1. The number of amides is 2. The van der Waals surface area contributed by atoms with Crippen LogP contribution < -0.4 is 14.4 Å². The zero-order chi connectivity index (χ0) is 26.3. The Bertz CT molecular complexity index is 1140. The van der Waals surface area contributed by atoms with E-state index in [0.717, 1.165) is 28.1 Å². The molecule has 0 fully saturated rings. The van der Waals surface area contributed by atoms with Crippen LogP contribution >= 0.6 is 11.6 Å². The third-order valence-electron chi connectivity index (χ3n) is 5.72. The number of aryl methyl sites for hydroxylation is 1. The Kier molecular flexibility index (Phi) is 9.97. The number of ether oxygens (including phenoxy) is 1. The number of halogens is 1. The normalized spacial score (nSPS) is 13.0. The Labute approximate surface area is 213 Å². The maximum atomic E-state index is 13.6. The van der Waals surface area contributed by atoms with Crippen LogP contribution in [0.2, 0.25) is 5.02 Å². The molecule has 0 aromatic heterocycles. The van der Waals surface area contributed by atoms with Crippen LogP contribution in [0.5, 0.6) is 5.75 Å². The van der Waals surface area contributed by atoms with Crippen molar-refractivity contribution >= 4 is 39.1 Å². The van der Waals surface area contributed by atoms with E-state index in [1.807, 2.05) is 20.8 Å². The maximum absolute atomic E-state index is 13.6. The second-order valence-electron chi connectivity index (χ2n) is 8.59. The number of sulfonamides is 1. The van der Waals surface area contributed by atoms with Crippen molar-refractivity contribution in [1.29, 1.82) is 0 Å². The summed E-state index contributed by atoms with van der Waals surface area (Å²) in [4.78, 5) is 27.9. The fourth-order valence-corrected chi connectivity index (χ4v) is 4.40. The molecule has 1 N–H and O–H groups in total. The first-order valence-corrected chi connectivity index (χ1v) is 13.6. The van der Waals surface area contributed by atoms with E-state index < -0.39 is 28.5 Å². The Morgan fingerprint density at radius 1 is 1.11 bits per heavy atom. The van der Waals surface area contributed by atoms with Gasteiger partial charge in [0.05, 0.1) is 19.1 Å². The van der Waals surface area contributed by atoms with Crippen LogP contribution in [0, 0.1) is 6.92 Å². The standard InChI is InChI=1S/C25H34ClN3O5S/c1-7-18(3)27-25(31)19(4)28(15-20-9-11-21(26)12-10-20)24(30)16-29(35(6,32)33)22-14-17(2)8-13-23(22)34-5/h8-14,18-19H,7,15-16H2,1-6H3,(H,27,31)/t18-,19-/m0/s1. The number of nitrogens with zero attached hydrogens (tertiary/aromatic N) is 2. The number of hydrogen-bond donors (Lipinski definition) is 1. The minimum Gasteiger partial charge on any atom is -0.495 e. The summed E-state index contributed by atoms with van der Waals surface area (Å²) in [6.45, 7) is 6.89. The van der Waals surface area contributed by atoms with Gasteiger partial charge in [0, 0.05) is 17.6 Å². The van der Waals surface area contributed by atoms with Crippen molar-refractivity contribution in [3.63, 3.8) is 0 Å². The molecule has 35 heavy (non-hydrogen) atoms. The number of methoxy groups -OCH3 is 1. The number of anilines is 1. The highest BCUT2D eigenvalue weighted by Gasteiger charge is 2.31. The molecule has 2 aromatic rings. The van der Waals surface area contributed by atoms with Gasteiger partial charge in [-0.3, -0.25) is 13.9 Å². The van der Waals surface area contributed by atoms with Crippen LogP contribution in [0.3, 0.4) is 0 Å². The predicted molar refractivity (Wildman–Crippen MR) is 139 cm³/mol. The fourth-order valence-electron chi connectivity index (χ4n) is 3.42. The number of benzene rings is 2. The van der Waals surface area contributed by atoms with E-state index in [0.29, 0.717) is 10.8 Å². The Balaban J connectivity index is 2.45. The Morgan fingerprint density at radius 2 is 1.74 bits per heavy atom. The number of rotatable bonds is 11. The van der Waals surface area contributed by atoms with Gasteiger partial charge in [-0.15, -0.1) is 0 Å². The van der Waals surface area contributed by atoms with E-state index in [2.05, 4.69) is 5.32 Å². The molecule has 8 nitrogen and oxygen atoms in total. The lowest BCUT2D eigenvalue weighted by molar-refractivity contribution is -0.139. The Hall–Kier alpha value is -2.78. The molecule has 10 heteroatoms. The van der Waals surface area contributed by atoms with Crippen LogP contribution in [0.15, 0.2) is 42.5 Å². The number of nitrogens with one attached hydrogen (secondary N) is 1. The molecule has 0 aliphatic carbocycles. The van der Waals surface area contributed by atoms with Gasteiger partial charge in [0.1, 0.15) is 18.3 Å². The van der Waals surface area contributed by atoms with Crippen LogP contribution in [0.25, 0.3) is 0 Å². The number of hydrogen-bond acceptors (Lipinski definition) is 5. The van der Waals surface area contributed by atoms with Crippen molar-refractivity contribution in [2.75, 3.05) is 24.2 Å². The van der Waals surface area contributed by atoms with Gasteiger partial charge in [0.25, 0.3) is 0 Å². The molecule has 192 valence electrons. The molecule has 0 heterocycles. The predicted octanol–water partition coefficient (Wildman–Crippen LogP) is 3.76. The van der Waals surface area contributed by atoms with Crippen molar-refractivity contribution in [2.24, 2.45) is 0 Å². The molecule has 0 unspecified atom stereocenters. The van der Waals surface area contributed by atoms with Gasteiger partial charge < -0.3 is 15.0 Å². The highest BCUT2D eigenvalue weighted by atomic mass is 35.5. The van der Waals surface area contributed by atoms with Crippen molar-refractivity contribution in [3.05, 3.63) is 58.6 Å². The zero-order valence-corrected chi connectivity index (χ0v) is 22.6. The van der Waals surface area contributed by atoms with Crippen molar-refractivity contribution in [2.45, 2.75) is 52.7 Å². The molecule has 2 aromatic carbocycles. The average molecular weight is 524 g/mol. The summed E-state index contributed by atoms with van der Waals surface area (Å²) in [5, 5.41) is 3.44. The summed E-state index contributed by atoms with van der Waals surface area (Å²) in [5.74, 6) is -0.526. The van der Waals surface area contributed by atoms with Gasteiger partial charge in [-0.2, -0.15) is 0 Å². The maximum Gasteiger partial charge on any atom is 0.244 e. The summed E-state index contributed by atoms with van der Waals surface area (Å²) in [5.41, 5.74) is 1.82. The molecule has 0 radical (unpaired) electrons. The van der Waals surface area contributed by atoms with Crippen LogP contribution in [0.1, 0.15) is 38.3 Å². The van der Waals surface area contributed by atoms with Gasteiger partial charge >= 0.3 is 0 Å². The van der Waals surface area contributed by atoms with Crippen molar-refractivity contribution in [1.82, 2.24) is 10.2 Å². The van der Waals surface area contributed by atoms with E-state index in [4.69, 9.17) is 16.3 Å². The summed E-state index contributed by atoms with van der Waals surface area (Å²) in [6.07, 6.45) is 1.77. The van der Waals surface area contributed by atoms with Gasteiger partial charge in [0.2, 0.25) is 21.8 Å². The fraction of sp³-hybridized carbons (Fsp3) is 0.440. The second-order valence-corrected chi connectivity index (χ2v) is 10.9. The third kappa shape index (κ3) is 7.86. The minimum atomic E-state index is -3.86. The molecule has 2 rings (SSSR count). The third-order valence-corrected chi connectivity index (χ3v) is 7.10. The van der Waals surface area contributed by atoms with Gasteiger partial charge in [-0.1, -0.05) is 36.7 Å². The lowest BCUT2D eigenvalue weighted by Crippen LogP contribution is -2.52. The number of carbonyl (C=O) groups excluding carboxylic acids is 2. The van der Waals surface area contributed by atoms with Crippen molar-refractivity contribution < 1.29 is 22.7 Å². The van der Waals surface area contributed by atoms with Crippen LogP contribution in [-0.4, -0.2) is 57.1 Å². The molecular formula is C25H34ClN3O5S. The molecule has 0 saturated carbocycles. The molecule has 0 saturated heterocycles. The topological polar surface area (TPSA) is 96.0 Å². The van der Waals surface area contributed by atoms with E-state index in [1.54, 1.807) is 49.4 Å². The lowest BCUT2D eigenvalue weighted by Gasteiger charge is -2.32. The monoisotopic (exact) mass is 523 g/mol. The van der Waals surface area contributed by atoms with Crippen molar-refractivity contribution in [3.8, 4) is 5.75 Å². The van der Waals surface area contributed by atoms with E-state index in [9.17, 15) is 18.0 Å². The summed E-state index contributed by atoms with van der Waals surface area (Å²) in [6, 6.07) is 11.1. The average Bonchev–Trinajstić information content (AvgIpc) is 2.80. The molecule has 0 aliphatic rings. The van der Waals surface area contributed by atoms with E-state index >= 15 is 0 Å². The summed E-state index contributed by atoms with van der Waals surface area (Å²) >= 11 is 6.00.